The monoisotopic (exact) mass is 417 g/mol. The molecule has 0 aliphatic carbocycles. The van der Waals surface area contributed by atoms with Crippen molar-refractivity contribution in [2.45, 2.75) is 45.2 Å². The van der Waals surface area contributed by atoms with Gasteiger partial charge in [0.25, 0.3) is 5.91 Å². The van der Waals surface area contributed by atoms with E-state index in [2.05, 4.69) is 39.9 Å². The van der Waals surface area contributed by atoms with Gasteiger partial charge in [-0.15, -0.1) is 5.10 Å². The number of furan rings is 1. The summed E-state index contributed by atoms with van der Waals surface area (Å²) in [4.78, 5) is 19.5. The summed E-state index contributed by atoms with van der Waals surface area (Å²) >= 11 is 3.27. The highest BCUT2D eigenvalue weighted by atomic mass is 79.9. The molecule has 4 rings (SSSR count). The normalized spacial score (nSPS) is 20.7. The van der Waals surface area contributed by atoms with Gasteiger partial charge in [-0.05, 0) is 73.3 Å². The second-order valence-corrected chi connectivity index (χ2v) is 7.60. The minimum atomic E-state index is -0.0100. The molecule has 0 bridgehead atoms. The summed E-state index contributed by atoms with van der Waals surface area (Å²) in [7, 11) is 0. The lowest BCUT2D eigenvalue weighted by atomic mass is 9.96. The number of halogens is 1. The summed E-state index contributed by atoms with van der Waals surface area (Å²) in [5, 5.41) is 4.38. The molecule has 3 aromatic heterocycles. The van der Waals surface area contributed by atoms with E-state index in [4.69, 9.17) is 10.2 Å². The molecule has 2 N–H and O–H groups in total. The molecule has 1 amide bonds. The topological polar surface area (TPSA) is 89.7 Å². The average molecular weight is 418 g/mol. The van der Waals surface area contributed by atoms with Gasteiger partial charge in [-0.2, -0.15) is 4.52 Å². The molecule has 8 heteroatoms. The molecule has 0 aromatic carbocycles. The van der Waals surface area contributed by atoms with Gasteiger partial charge in [-0.1, -0.05) is 0 Å². The number of fused-ring (bicyclic) bond motifs is 1. The van der Waals surface area contributed by atoms with E-state index in [1.54, 1.807) is 24.3 Å². The summed E-state index contributed by atoms with van der Waals surface area (Å²) in [6, 6.07) is 7.40. The SMILES string of the molecule is CC1CCCC(C)N1C(=O)c1cc(N)n2nc(-c3ccc(Br)o3)nc2c1. The van der Waals surface area contributed by atoms with Crippen LogP contribution in [-0.4, -0.2) is 37.5 Å². The van der Waals surface area contributed by atoms with Crippen LogP contribution in [0.4, 0.5) is 5.82 Å². The largest absolute Gasteiger partial charge is 0.446 e. The van der Waals surface area contributed by atoms with E-state index in [0.29, 0.717) is 33.3 Å². The molecule has 7 nitrogen and oxygen atoms in total. The van der Waals surface area contributed by atoms with Crippen molar-refractivity contribution in [3.8, 4) is 11.6 Å². The fraction of sp³-hybridized carbons (Fsp3) is 0.389. The number of carbonyl (C=O) groups is 1. The van der Waals surface area contributed by atoms with Crippen LogP contribution >= 0.6 is 15.9 Å². The van der Waals surface area contributed by atoms with E-state index in [1.165, 1.54) is 4.52 Å². The Kier molecular flexibility index (Phi) is 4.22. The minimum absolute atomic E-state index is 0.0100. The van der Waals surface area contributed by atoms with Gasteiger partial charge in [0, 0.05) is 17.6 Å². The second-order valence-electron chi connectivity index (χ2n) is 6.82. The Morgan fingerprint density at radius 2 is 2.00 bits per heavy atom. The van der Waals surface area contributed by atoms with E-state index < -0.39 is 0 Å². The van der Waals surface area contributed by atoms with Crippen molar-refractivity contribution >= 4 is 33.3 Å². The van der Waals surface area contributed by atoms with Crippen LogP contribution in [0.3, 0.4) is 0 Å². The zero-order valence-electron chi connectivity index (χ0n) is 14.6. The number of aromatic nitrogens is 3. The Balaban J connectivity index is 1.73. The zero-order chi connectivity index (χ0) is 18.4. The third-order valence-electron chi connectivity index (χ3n) is 4.93. The fourth-order valence-corrected chi connectivity index (χ4v) is 3.95. The summed E-state index contributed by atoms with van der Waals surface area (Å²) in [5.41, 5.74) is 7.20. The minimum Gasteiger partial charge on any atom is -0.446 e. The molecule has 1 saturated heterocycles. The van der Waals surface area contributed by atoms with Crippen LogP contribution in [0, 0.1) is 0 Å². The number of nitrogen functional groups attached to an aromatic ring is 1. The first-order valence-electron chi connectivity index (χ1n) is 8.68. The molecule has 1 aliphatic heterocycles. The van der Waals surface area contributed by atoms with Crippen LogP contribution in [0.15, 0.2) is 33.4 Å². The maximum atomic E-state index is 13.1. The number of hydrogen-bond acceptors (Lipinski definition) is 5. The van der Waals surface area contributed by atoms with Crippen LogP contribution in [-0.2, 0) is 0 Å². The molecule has 136 valence electrons. The Morgan fingerprint density at radius 1 is 1.27 bits per heavy atom. The van der Waals surface area contributed by atoms with Gasteiger partial charge in [0.1, 0.15) is 5.82 Å². The highest BCUT2D eigenvalue weighted by Crippen LogP contribution is 2.27. The van der Waals surface area contributed by atoms with Crippen molar-refractivity contribution in [1.29, 1.82) is 0 Å². The molecule has 1 fully saturated rings. The molecule has 0 saturated carbocycles. The van der Waals surface area contributed by atoms with Gasteiger partial charge in [0.2, 0.25) is 5.82 Å². The molecule has 0 spiro atoms. The first kappa shape index (κ1) is 17.1. The number of carbonyl (C=O) groups excluding carboxylic acids is 1. The molecule has 3 aromatic rings. The summed E-state index contributed by atoms with van der Waals surface area (Å²) < 4.78 is 7.62. The lowest BCUT2D eigenvalue weighted by Gasteiger charge is -2.39. The van der Waals surface area contributed by atoms with Crippen molar-refractivity contribution in [1.82, 2.24) is 19.5 Å². The highest BCUT2D eigenvalue weighted by molar-refractivity contribution is 9.10. The molecular formula is C18H20BrN5O2. The number of nitrogens with two attached hydrogens (primary N) is 1. The Morgan fingerprint density at radius 3 is 2.65 bits per heavy atom. The fourth-order valence-electron chi connectivity index (χ4n) is 3.64. The lowest BCUT2D eigenvalue weighted by Crippen LogP contribution is -2.47. The highest BCUT2D eigenvalue weighted by Gasteiger charge is 2.30. The van der Waals surface area contributed by atoms with Crippen LogP contribution in [0.2, 0.25) is 0 Å². The number of rotatable bonds is 2. The van der Waals surface area contributed by atoms with E-state index in [9.17, 15) is 4.79 Å². The summed E-state index contributed by atoms with van der Waals surface area (Å²) in [6.45, 7) is 4.19. The number of hydrogen-bond donors (Lipinski definition) is 1. The van der Waals surface area contributed by atoms with Gasteiger partial charge < -0.3 is 15.1 Å². The molecule has 26 heavy (non-hydrogen) atoms. The van der Waals surface area contributed by atoms with E-state index in [0.717, 1.165) is 19.3 Å². The van der Waals surface area contributed by atoms with Crippen molar-refractivity contribution < 1.29 is 9.21 Å². The third kappa shape index (κ3) is 2.88. The number of piperidine rings is 1. The molecule has 0 radical (unpaired) electrons. The van der Waals surface area contributed by atoms with Crippen molar-refractivity contribution in [2.24, 2.45) is 0 Å². The van der Waals surface area contributed by atoms with Crippen LogP contribution < -0.4 is 5.73 Å². The van der Waals surface area contributed by atoms with Crippen LogP contribution in [0.5, 0.6) is 0 Å². The predicted octanol–water partition coefficient (Wildman–Crippen LogP) is 3.74. The maximum Gasteiger partial charge on any atom is 0.254 e. The van der Waals surface area contributed by atoms with E-state index >= 15 is 0 Å². The quantitative estimate of drug-likeness (QED) is 0.685. The number of likely N-dealkylation sites (tertiary alicyclic amines) is 1. The number of pyridine rings is 1. The predicted molar refractivity (Wildman–Crippen MR) is 102 cm³/mol. The number of amides is 1. The summed E-state index contributed by atoms with van der Waals surface area (Å²) in [6.07, 6.45) is 3.20. The van der Waals surface area contributed by atoms with Crippen LogP contribution in [0.1, 0.15) is 43.5 Å². The van der Waals surface area contributed by atoms with E-state index in [1.807, 2.05) is 4.90 Å². The van der Waals surface area contributed by atoms with Gasteiger partial charge >= 0.3 is 0 Å². The molecule has 4 heterocycles. The van der Waals surface area contributed by atoms with Crippen molar-refractivity contribution in [2.75, 3.05) is 5.73 Å². The molecule has 2 unspecified atom stereocenters. The van der Waals surface area contributed by atoms with Crippen molar-refractivity contribution in [3.05, 3.63) is 34.5 Å². The maximum absolute atomic E-state index is 13.1. The second kappa shape index (κ2) is 6.42. The smallest absolute Gasteiger partial charge is 0.254 e. The zero-order valence-corrected chi connectivity index (χ0v) is 16.2. The van der Waals surface area contributed by atoms with Gasteiger partial charge in [-0.25, -0.2) is 4.98 Å². The van der Waals surface area contributed by atoms with Gasteiger partial charge in [0.05, 0.1) is 0 Å². The number of nitrogens with zero attached hydrogens (tertiary/aromatic N) is 4. The van der Waals surface area contributed by atoms with Crippen molar-refractivity contribution in [3.63, 3.8) is 0 Å². The van der Waals surface area contributed by atoms with Crippen LogP contribution in [0.25, 0.3) is 17.2 Å². The van der Waals surface area contributed by atoms with Gasteiger partial charge in [-0.3, -0.25) is 4.79 Å². The average Bonchev–Trinajstić information content (AvgIpc) is 3.20. The molecule has 1 aliphatic rings. The Bertz CT molecular complexity index is 969. The Hall–Kier alpha value is -2.35. The van der Waals surface area contributed by atoms with E-state index in [-0.39, 0.29) is 18.0 Å². The first-order chi connectivity index (χ1) is 12.4. The standard InChI is InChI=1S/C18H20BrN5O2/c1-10-4-3-5-11(2)23(10)18(25)12-8-15(20)24-16(9-12)21-17(22-24)13-6-7-14(19)26-13/h6-11H,3-5,20H2,1-2H3. The summed E-state index contributed by atoms with van der Waals surface area (Å²) in [5.74, 6) is 1.31. The Labute approximate surface area is 159 Å². The third-order valence-corrected chi connectivity index (χ3v) is 5.36. The molecule has 2 atom stereocenters. The first-order valence-corrected chi connectivity index (χ1v) is 9.48. The number of anilines is 1. The van der Waals surface area contributed by atoms with Gasteiger partial charge in [0.15, 0.2) is 16.1 Å². The lowest BCUT2D eigenvalue weighted by molar-refractivity contribution is 0.0511. The molecular weight excluding hydrogens is 398 g/mol.